The predicted octanol–water partition coefficient (Wildman–Crippen LogP) is 4.24. The van der Waals surface area contributed by atoms with Gasteiger partial charge >= 0.3 is 0 Å². The first-order valence-corrected chi connectivity index (χ1v) is 6.84. The van der Waals surface area contributed by atoms with Crippen LogP contribution in [0.25, 0.3) is 0 Å². The predicted molar refractivity (Wildman–Crippen MR) is 80.0 cm³/mol. The van der Waals surface area contributed by atoms with Crippen LogP contribution in [0, 0.1) is 18.3 Å². The number of nitriles is 1. The molecule has 20 heavy (non-hydrogen) atoms. The van der Waals surface area contributed by atoms with Gasteiger partial charge in [-0.05, 0) is 43.0 Å². The number of hydrogen-bond acceptors (Lipinski definition) is 3. The maximum absolute atomic E-state index is 13.9. The van der Waals surface area contributed by atoms with Crippen molar-refractivity contribution in [2.24, 2.45) is 4.99 Å². The van der Waals surface area contributed by atoms with Gasteiger partial charge in [-0.1, -0.05) is 19.9 Å². The van der Waals surface area contributed by atoms with Gasteiger partial charge in [0.15, 0.2) is 5.82 Å². The van der Waals surface area contributed by atoms with E-state index in [0.29, 0.717) is 18.0 Å². The normalized spacial score (nSPS) is 13.4. The van der Waals surface area contributed by atoms with Crippen molar-refractivity contribution in [2.75, 3.05) is 0 Å². The first-order chi connectivity index (χ1) is 9.62. The Bertz CT molecular complexity index is 541. The molecule has 1 atom stereocenters. The van der Waals surface area contributed by atoms with E-state index in [9.17, 15) is 4.39 Å². The molecular formula is C16H20FN3. The largest absolute Gasteiger partial charge is 0.241 e. The zero-order chi connectivity index (χ0) is 15.0. The van der Waals surface area contributed by atoms with Gasteiger partial charge < -0.3 is 0 Å². The topological polar surface area (TPSA) is 49.0 Å². The summed E-state index contributed by atoms with van der Waals surface area (Å²) in [6.45, 7) is 5.83. The van der Waals surface area contributed by atoms with Gasteiger partial charge in [0.05, 0.1) is 18.2 Å². The van der Waals surface area contributed by atoms with Crippen molar-refractivity contribution < 1.29 is 4.39 Å². The van der Waals surface area contributed by atoms with Crippen molar-refractivity contribution in [2.45, 2.75) is 46.2 Å². The van der Waals surface area contributed by atoms with E-state index in [1.807, 2.05) is 19.1 Å². The highest BCUT2D eigenvalue weighted by atomic mass is 19.1. The van der Waals surface area contributed by atoms with Crippen molar-refractivity contribution in [1.29, 1.82) is 5.26 Å². The fraction of sp³-hybridized carbons (Fsp3) is 0.438. The second kappa shape index (κ2) is 8.21. The van der Waals surface area contributed by atoms with E-state index in [4.69, 9.17) is 5.26 Å². The molecule has 0 aliphatic heterocycles. The van der Waals surface area contributed by atoms with E-state index in [1.54, 1.807) is 25.3 Å². The Labute approximate surface area is 119 Å². The Kier molecular flexibility index (Phi) is 6.58. The summed E-state index contributed by atoms with van der Waals surface area (Å²) < 4.78 is 13.9. The molecule has 0 aromatic carbocycles. The molecule has 0 fully saturated rings. The molecule has 1 aromatic rings. The van der Waals surface area contributed by atoms with Gasteiger partial charge in [-0.2, -0.15) is 5.26 Å². The lowest BCUT2D eigenvalue weighted by Crippen LogP contribution is -2.11. The molecule has 0 radical (unpaired) electrons. The Morgan fingerprint density at radius 2 is 2.30 bits per heavy atom. The molecule has 0 saturated carbocycles. The first kappa shape index (κ1) is 16.0. The SMILES string of the molecule is CCc1cnc(N=C(/C=C\CC#N)C(F)CC)cc1C. The molecule has 1 unspecified atom stereocenters. The highest BCUT2D eigenvalue weighted by molar-refractivity contribution is 5.99. The van der Waals surface area contributed by atoms with Gasteiger partial charge in [0, 0.05) is 6.20 Å². The zero-order valence-corrected chi connectivity index (χ0v) is 12.2. The number of rotatable bonds is 6. The molecule has 0 amide bonds. The molecular weight excluding hydrogens is 253 g/mol. The summed E-state index contributed by atoms with van der Waals surface area (Å²) >= 11 is 0. The van der Waals surface area contributed by atoms with E-state index < -0.39 is 6.17 Å². The smallest absolute Gasteiger partial charge is 0.152 e. The van der Waals surface area contributed by atoms with Crippen molar-refractivity contribution in [1.82, 2.24) is 4.98 Å². The third-order valence-electron chi connectivity index (χ3n) is 3.01. The summed E-state index contributed by atoms with van der Waals surface area (Å²) in [6.07, 6.45) is 5.34. The van der Waals surface area contributed by atoms with Crippen molar-refractivity contribution in [3.8, 4) is 6.07 Å². The van der Waals surface area contributed by atoms with E-state index in [0.717, 1.165) is 17.5 Å². The van der Waals surface area contributed by atoms with Crippen molar-refractivity contribution in [3.05, 3.63) is 35.5 Å². The summed E-state index contributed by atoms with van der Waals surface area (Å²) in [6, 6.07) is 3.85. The van der Waals surface area contributed by atoms with Gasteiger partial charge in [-0.3, -0.25) is 0 Å². The van der Waals surface area contributed by atoms with Crippen molar-refractivity contribution >= 4 is 11.5 Å². The number of nitrogens with zero attached hydrogens (tertiary/aromatic N) is 3. The average Bonchev–Trinajstić information content (AvgIpc) is 2.45. The monoisotopic (exact) mass is 273 g/mol. The number of aliphatic imine (C=N–C) groups is 1. The lowest BCUT2D eigenvalue weighted by Gasteiger charge is -2.07. The van der Waals surface area contributed by atoms with Gasteiger partial charge in [0.2, 0.25) is 0 Å². The fourth-order valence-electron chi connectivity index (χ4n) is 1.79. The minimum Gasteiger partial charge on any atom is -0.241 e. The van der Waals surface area contributed by atoms with E-state index in [-0.39, 0.29) is 6.42 Å². The summed E-state index contributed by atoms with van der Waals surface area (Å²) in [5.41, 5.74) is 2.59. The van der Waals surface area contributed by atoms with Crippen LogP contribution in [0.4, 0.5) is 10.2 Å². The Hall–Kier alpha value is -2.02. The summed E-state index contributed by atoms with van der Waals surface area (Å²) in [4.78, 5) is 8.51. The van der Waals surface area contributed by atoms with Crippen LogP contribution < -0.4 is 0 Å². The van der Waals surface area contributed by atoms with E-state index in [1.165, 1.54) is 0 Å². The van der Waals surface area contributed by atoms with Crippen LogP contribution in [0.2, 0.25) is 0 Å². The molecule has 1 aromatic heterocycles. The average molecular weight is 273 g/mol. The highest BCUT2D eigenvalue weighted by Crippen LogP contribution is 2.17. The summed E-state index contributed by atoms with van der Waals surface area (Å²) in [5.74, 6) is 0.507. The van der Waals surface area contributed by atoms with Crippen LogP contribution in [-0.4, -0.2) is 16.9 Å². The Morgan fingerprint density at radius 3 is 2.85 bits per heavy atom. The number of halogens is 1. The first-order valence-electron chi connectivity index (χ1n) is 6.84. The molecule has 3 nitrogen and oxygen atoms in total. The second-order valence-electron chi connectivity index (χ2n) is 4.50. The maximum Gasteiger partial charge on any atom is 0.152 e. The van der Waals surface area contributed by atoms with Crippen LogP contribution in [0.5, 0.6) is 0 Å². The summed E-state index contributed by atoms with van der Waals surface area (Å²) in [5, 5.41) is 8.51. The minimum atomic E-state index is -1.14. The number of allylic oxidation sites excluding steroid dienone is 2. The molecule has 0 spiro atoms. The standard InChI is InChI=1S/C16H20FN3/c1-4-13-11-19-16(10-12(13)3)20-15(14(17)5-2)8-6-7-9-18/h6,8,10-11,14H,4-5,7H2,1-3H3/b8-6-,20-15?. The molecule has 0 aliphatic rings. The quantitative estimate of drug-likeness (QED) is 0.728. The number of hydrogen-bond donors (Lipinski definition) is 0. The van der Waals surface area contributed by atoms with Crippen LogP contribution >= 0.6 is 0 Å². The third kappa shape index (κ3) is 4.58. The van der Waals surface area contributed by atoms with E-state index in [2.05, 4.69) is 16.9 Å². The molecule has 1 heterocycles. The zero-order valence-electron chi connectivity index (χ0n) is 12.2. The molecule has 0 saturated heterocycles. The third-order valence-corrected chi connectivity index (χ3v) is 3.01. The number of alkyl halides is 1. The van der Waals surface area contributed by atoms with Gasteiger partial charge in [0.25, 0.3) is 0 Å². The molecule has 0 aliphatic carbocycles. The lowest BCUT2D eigenvalue weighted by molar-refractivity contribution is 0.415. The molecule has 0 bridgehead atoms. The van der Waals surface area contributed by atoms with Crippen molar-refractivity contribution in [3.63, 3.8) is 0 Å². The van der Waals surface area contributed by atoms with Gasteiger partial charge in [-0.15, -0.1) is 0 Å². The number of aryl methyl sites for hydroxylation is 2. The van der Waals surface area contributed by atoms with Crippen LogP contribution in [0.15, 0.2) is 29.4 Å². The number of pyridine rings is 1. The van der Waals surface area contributed by atoms with Crippen LogP contribution in [0.3, 0.4) is 0 Å². The molecule has 106 valence electrons. The number of aromatic nitrogens is 1. The molecule has 4 heteroatoms. The summed E-state index contributed by atoms with van der Waals surface area (Å²) in [7, 11) is 0. The maximum atomic E-state index is 13.9. The van der Waals surface area contributed by atoms with Gasteiger partial charge in [0.1, 0.15) is 6.17 Å². The minimum absolute atomic E-state index is 0.247. The molecule has 0 N–H and O–H groups in total. The molecule has 1 rings (SSSR count). The lowest BCUT2D eigenvalue weighted by atomic mass is 10.1. The van der Waals surface area contributed by atoms with Crippen LogP contribution in [0.1, 0.15) is 37.8 Å². The van der Waals surface area contributed by atoms with Gasteiger partial charge in [-0.25, -0.2) is 14.4 Å². The Balaban J connectivity index is 3.06. The second-order valence-corrected chi connectivity index (χ2v) is 4.50. The Morgan fingerprint density at radius 1 is 1.55 bits per heavy atom. The van der Waals surface area contributed by atoms with Crippen LogP contribution in [-0.2, 0) is 6.42 Å². The fourth-order valence-corrected chi connectivity index (χ4v) is 1.79. The highest BCUT2D eigenvalue weighted by Gasteiger charge is 2.10. The van der Waals surface area contributed by atoms with E-state index >= 15 is 0 Å².